The van der Waals surface area contributed by atoms with Crippen LogP contribution in [0.3, 0.4) is 0 Å². The molecule has 0 spiro atoms. The molecule has 0 bridgehead atoms. The first-order chi connectivity index (χ1) is 18.5. The van der Waals surface area contributed by atoms with Gasteiger partial charge in [0.25, 0.3) is 10.0 Å². The molecule has 4 rings (SSSR count). The number of halogens is 2. The van der Waals surface area contributed by atoms with E-state index in [9.17, 15) is 31.9 Å². The highest BCUT2D eigenvalue weighted by atomic mass is 32.2. The molecule has 0 fully saturated rings. The molecule has 3 aromatic carbocycles. The number of sulfonamides is 1. The molecule has 2 N–H and O–H groups in total. The summed E-state index contributed by atoms with van der Waals surface area (Å²) in [5.74, 6) is -2.84. The van der Waals surface area contributed by atoms with E-state index in [2.05, 4.69) is 0 Å². The van der Waals surface area contributed by atoms with E-state index in [4.69, 9.17) is 9.84 Å². The van der Waals surface area contributed by atoms with Crippen molar-refractivity contribution in [2.75, 3.05) is 10.8 Å². The van der Waals surface area contributed by atoms with Crippen molar-refractivity contribution in [3.8, 4) is 16.9 Å². The normalized spacial score (nSPS) is 15.8. The SMILES string of the molecule is Cc1cccc(S(=O)(=O)N2C[C@H](CCC(=O)CC[C@H](O)C(=O)O)Oc3ccc(-c4cc(F)ccc4F)cc32)c1. The molecular formula is C28H27F2NO7S. The van der Waals surface area contributed by atoms with Gasteiger partial charge in [-0.2, -0.15) is 0 Å². The minimum Gasteiger partial charge on any atom is -0.486 e. The first-order valence-corrected chi connectivity index (χ1v) is 13.7. The van der Waals surface area contributed by atoms with Gasteiger partial charge in [0.2, 0.25) is 0 Å². The van der Waals surface area contributed by atoms with E-state index < -0.39 is 39.8 Å². The Labute approximate surface area is 224 Å². The van der Waals surface area contributed by atoms with Gasteiger partial charge >= 0.3 is 5.97 Å². The van der Waals surface area contributed by atoms with Crippen LogP contribution in [0.2, 0.25) is 0 Å². The lowest BCUT2D eigenvalue weighted by molar-refractivity contribution is -0.147. The van der Waals surface area contributed by atoms with E-state index in [-0.39, 0.29) is 65.5 Å². The fraction of sp³-hybridized carbons (Fsp3) is 0.286. The number of aliphatic hydroxyl groups is 1. The van der Waals surface area contributed by atoms with Crippen molar-refractivity contribution >= 4 is 27.5 Å². The standard InChI is InChI=1S/C28H27F2NO7S/c1-17-3-2-4-22(13-17)39(36,37)31-16-21(9-7-20(32)8-11-26(33)28(34)35)38-27-12-5-18(14-25(27)31)23-15-19(29)6-10-24(23)30/h2-6,10,12-15,21,26,33H,7-9,11,16H2,1H3,(H,34,35)/t21-,26-/m0/s1. The van der Waals surface area contributed by atoms with Crippen LogP contribution < -0.4 is 9.04 Å². The molecule has 206 valence electrons. The van der Waals surface area contributed by atoms with E-state index in [1.54, 1.807) is 19.1 Å². The van der Waals surface area contributed by atoms with E-state index in [0.29, 0.717) is 0 Å². The minimum atomic E-state index is -4.12. The molecule has 0 saturated carbocycles. The van der Waals surface area contributed by atoms with Crippen LogP contribution in [0.1, 0.15) is 31.2 Å². The third-order valence-electron chi connectivity index (χ3n) is 6.43. The van der Waals surface area contributed by atoms with Crippen LogP contribution in [-0.2, 0) is 19.6 Å². The second-order valence-electron chi connectivity index (χ2n) is 9.37. The summed E-state index contributed by atoms with van der Waals surface area (Å²) in [6, 6.07) is 13.8. The molecule has 0 amide bonds. The number of ketones is 1. The minimum absolute atomic E-state index is 0.0166. The van der Waals surface area contributed by atoms with Crippen molar-refractivity contribution < 1.29 is 41.7 Å². The number of benzene rings is 3. The first kappa shape index (κ1) is 28.2. The van der Waals surface area contributed by atoms with Crippen LogP contribution in [0.15, 0.2) is 65.6 Å². The Balaban J connectivity index is 1.65. The lowest BCUT2D eigenvalue weighted by Gasteiger charge is -2.36. The second kappa shape index (κ2) is 11.5. The predicted molar refractivity (Wildman–Crippen MR) is 139 cm³/mol. The molecule has 0 aliphatic carbocycles. The largest absolute Gasteiger partial charge is 0.486 e. The van der Waals surface area contributed by atoms with Gasteiger partial charge in [-0.25, -0.2) is 22.0 Å². The number of aryl methyl sites for hydroxylation is 1. The smallest absolute Gasteiger partial charge is 0.332 e. The third kappa shape index (κ3) is 6.43. The molecule has 3 aromatic rings. The summed E-state index contributed by atoms with van der Waals surface area (Å²) >= 11 is 0. The summed E-state index contributed by atoms with van der Waals surface area (Å²) in [7, 11) is -4.12. The molecular weight excluding hydrogens is 532 g/mol. The Bertz CT molecular complexity index is 1510. The molecule has 8 nitrogen and oxygen atoms in total. The number of carbonyl (C=O) groups is 2. The molecule has 1 aliphatic heterocycles. The van der Waals surface area contributed by atoms with E-state index >= 15 is 0 Å². The highest BCUT2D eigenvalue weighted by Gasteiger charge is 2.35. The Hall–Kier alpha value is -3.83. The zero-order valence-electron chi connectivity index (χ0n) is 21.0. The number of ether oxygens (including phenoxy) is 1. The molecule has 2 atom stereocenters. The van der Waals surface area contributed by atoms with Gasteiger partial charge in [-0.1, -0.05) is 18.2 Å². The maximum atomic E-state index is 14.5. The number of rotatable bonds is 10. The number of carboxylic acid groups (broad SMARTS) is 1. The number of Topliss-reactive ketones (excluding diaryl/α,β-unsaturated/α-hetero) is 1. The van der Waals surface area contributed by atoms with Gasteiger partial charge in [0.1, 0.15) is 29.3 Å². The highest BCUT2D eigenvalue weighted by molar-refractivity contribution is 7.92. The zero-order valence-corrected chi connectivity index (χ0v) is 21.8. The number of carbonyl (C=O) groups excluding carboxylic acids is 1. The molecule has 1 heterocycles. The van der Waals surface area contributed by atoms with Crippen molar-refractivity contribution in [3.63, 3.8) is 0 Å². The highest BCUT2D eigenvalue weighted by Crippen LogP contribution is 2.41. The number of anilines is 1. The van der Waals surface area contributed by atoms with Gasteiger partial charge in [-0.05, 0) is 73.4 Å². The summed E-state index contributed by atoms with van der Waals surface area (Å²) in [5.41, 5.74) is 1.09. The number of aliphatic hydroxyl groups excluding tert-OH is 1. The average Bonchev–Trinajstić information content (AvgIpc) is 2.91. The Kier molecular flexibility index (Phi) is 8.31. The molecule has 0 aromatic heterocycles. The molecule has 0 unspecified atom stereocenters. The summed E-state index contributed by atoms with van der Waals surface area (Å²) < 4.78 is 63.1. The molecule has 1 aliphatic rings. The lowest BCUT2D eigenvalue weighted by atomic mass is 10.0. The van der Waals surface area contributed by atoms with Gasteiger partial charge < -0.3 is 14.9 Å². The summed E-state index contributed by atoms with van der Waals surface area (Å²) in [5, 5.41) is 18.2. The van der Waals surface area contributed by atoms with Crippen LogP contribution in [0.25, 0.3) is 11.1 Å². The predicted octanol–water partition coefficient (Wildman–Crippen LogP) is 4.47. The number of hydrogen-bond donors (Lipinski definition) is 2. The molecule has 11 heteroatoms. The van der Waals surface area contributed by atoms with Crippen molar-refractivity contribution in [2.24, 2.45) is 0 Å². The summed E-state index contributed by atoms with van der Waals surface area (Å²) in [4.78, 5) is 23.1. The van der Waals surface area contributed by atoms with Gasteiger partial charge in [0, 0.05) is 18.4 Å². The quantitative estimate of drug-likeness (QED) is 0.376. The van der Waals surface area contributed by atoms with Crippen LogP contribution in [0.4, 0.5) is 14.5 Å². The van der Waals surface area contributed by atoms with Crippen LogP contribution in [0.5, 0.6) is 5.75 Å². The van der Waals surface area contributed by atoms with Gasteiger partial charge in [-0.3, -0.25) is 9.10 Å². The van der Waals surface area contributed by atoms with Crippen molar-refractivity contribution in [1.82, 2.24) is 0 Å². The van der Waals surface area contributed by atoms with Gasteiger partial charge in [0.05, 0.1) is 17.1 Å². The van der Waals surface area contributed by atoms with Crippen molar-refractivity contribution in [3.05, 3.63) is 77.9 Å². The summed E-state index contributed by atoms with van der Waals surface area (Å²) in [6.07, 6.45) is -2.61. The average molecular weight is 560 g/mol. The Morgan fingerprint density at radius 2 is 1.85 bits per heavy atom. The molecule has 0 radical (unpaired) electrons. The second-order valence-corrected chi connectivity index (χ2v) is 11.2. The first-order valence-electron chi connectivity index (χ1n) is 12.2. The van der Waals surface area contributed by atoms with Crippen molar-refractivity contribution in [2.45, 2.75) is 49.7 Å². The van der Waals surface area contributed by atoms with Crippen LogP contribution in [0, 0.1) is 18.6 Å². The molecule has 39 heavy (non-hydrogen) atoms. The fourth-order valence-corrected chi connectivity index (χ4v) is 5.95. The number of carboxylic acids is 1. The van der Waals surface area contributed by atoms with E-state index in [1.807, 2.05) is 0 Å². The Morgan fingerprint density at radius 3 is 2.56 bits per heavy atom. The number of hydrogen-bond acceptors (Lipinski definition) is 6. The number of nitrogens with zero attached hydrogens (tertiary/aromatic N) is 1. The van der Waals surface area contributed by atoms with E-state index in [1.165, 1.54) is 30.3 Å². The third-order valence-corrected chi connectivity index (χ3v) is 8.21. The summed E-state index contributed by atoms with van der Waals surface area (Å²) in [6.45, 7) is 1.61. The van der Waals surface area contributed by atoms with Gasteiger partial charge in [-0.15, -0.1) is 0 Å². The fourth-order valence-electron chi connectivity index (χ4n) is 4.35. The maximum Gasteiger partial charge on any atom is 0.332 e. The van der Waals surface area contributed by atoms with Crippen LogP contribution in [-0.4, -0.2) is 49.1 Å². The monoisotopic (exact) mass is 559 g/mol. The topological polar surface area (TPSA) is 121 Å². The van der Waals surface area contributed by atoms with E-state index in [0.717, 1.165) is 28.1 Å². The molecule has 0 saturated heterocycles. The van der Waals surface area contributed by atoms with Crippen molar-refractivity contribution in [1.29, 1.82) is 0 Å². The maximum absolute atomic E-state index is 14.5. The van der Waals surface area contributed by atoms with Gasteiger partial charge in [0.15, 0.2) is 6.10 Å². The Morgan fingerprint density at radius 1 is 1.08 bits per heavy atom. The number of aliphatic carboxylic acids is 1. The lowest BCUT2D eigenvalue weighted by Crippen LogP contribution is -2.43. The zero-order chi connectivity index (χ0) is 28.3. The number of fused-ring (bicyclic) bond motifs is 1. The van der Waals surface area contributed by atoms with Crippen LogP contribution >= 0.6 is 0 Å².